The molecule has 12 rings (SSSR count). The Morgan fingerprint density at radius 1 is 0.274 bits per heavy atom. The van der Waals surface area contributed by atoms with Crippen molar-refractivity contribution in [2.24, 2.45) is 0 Å². The average molecular weight is 825 g/mol. The normalized spacial score (nSPS) is 11.5. The number of benzene rings is 9. The van der Waals surface area contributed by atoms with E-state index in [9.17, 15) is 0 Å². The molecule has 0 radical (unpaired) electrons. The fourth-order valence-corrected chi connectivity index (χ4v) is 11.5. The van der Waals surface area contributed by atoms with Crippen LogP contribution in [0, 0.1) is 0 Å². The Bertz CT molecular complexity index is 3490. The van der Waals surface area contributed by atoms with E-state index in [0.717, 1.165) is 72.6 Å². The maximum Gasteiger partial charge on any atom is 0.161 e. The highest BCUT2D eigenvalue weighted by molar-refractivity contribution is 7.26. The summed E-state index contributed by atoms with van der Waals surface area (Å²) in [4.78, 5) is 11.4. The fraction of sp³-hybridized carbons (Fsp3) is 0. The Morgan fingerprint density at radius 2 is 0.694 bits per heavy atom. The molecule has 3 heterocycles. The predicted molar refractivity (Wildman–Crippen MR) is 266 cm³/mol. The molecule has 9 aromatic carbocycles. The Balaban J connectivity index is 1.22. The van der Waals surface area contributed by atoms with Crippen molar-refractivity contribution in [2.45, 2.75) is 0 Å². The van der Waals surface area contributed by atoms with Gasteiger partial charge in [-0.2, -0.15) is 0 Å². The van der Waals surface area contributed by atoms with E-state index in [1.807, 2.05) is 22.7 Å². The van der Waals surface area contributed by atoms with Gasteiger partial charge in [0.1, 0.15) is 0 Å². The summed E-state index contributed by atoms with van der Waals surface area (Å²) in [6, 6.07) is 78.6. The molecule has 4 heteroatoms. The first kappa shape index (κ1) is 36.4. The minimum absolute atomic E-state index is 0.685. The zero-order valence-electron chi connectivity index (χ0n) is 33.5. The predicted octanol–water partition coefficient (Wildman–Crippen LogP) is 16.9. The SMILES string of the molecule is c1ccc(-c2cc(-c3ccccc3)c(-c3nc(-c4cccc5c4sc4ccccc45)cc(-c4cccc5c4sc4ccccc45)n3)c(-c3ccccc3-c3ccccc3)c2)cc1. The van der Waals surface area contributed by atoms with Crippen LogP contribution in [-0.2, 0) is 0 Å². The third-order valence-electron chi connectivity index (χ3n) is 11.9. The van der Waals surface area contributed by atoms with Crippen LogP contribution >= 0.6 is 22.7 Å². The van der Waals surface area contributed by atoms with Gasteiger partial charge in [-0.25, -0.2) is 9.97 Å². The first-order valence-corrected chi connectivity index (χ1v) is 22.5. The zero-order chi connectivity index (χ0) is 41.0. The first-order valence-electron chi connectivity index (χ1n) is 20.9. The van der Waals surface area contributed by atoms with Gasteiger partial charge in [0.15, 0.2) is 5.82 Å². The number of hydrogen-bond donors (Lipinski definition) is 0. The summed E-state index contributed by atoms with van der Waals surface area (Å²) in [5.41, 5.74) is 14.0. The van der Waals surface area contributed by atoms with Crippen molar-refractivity contribution in [2.75, 3.05) is 0 Å². The van der Waals surface area contributed by atoms with Gasteiger partial charge in [-0.1, -0.05) is 188 Å². The van der Waals surface area contributed by atoms with E-state index < -0.39 is 0 Å². The van der Waals surface area contributed by atoms with E-state index in [0.29, 0.717) is 5.82 Å². The second-order valence-electron chi connectivity index (χ2n) is 15.6. The Hall–Kier alpha value is -7.50. The largest absolute Gasteiger partial charge is 0.228 e. The van der Waals surface area contributed by atoms with Gasteiger partial charge in [0.05, 0.1) is 11.4 Å². The van der Waals surface area contributed by atoms with Gasteiger partial charge in [0.25, 0.3) is 0 Å². The van der Waals surface area contributed by atoms with Crippen LogP contribution in [0.1, 0.15) is 0 Å². The van der Waals surface area contributed by atoms with Crippen molar-refractivity contribution in [3.05, 3.63) is 218 Å². The Labute approximate surface area is 367 Å². The van der Waals surface area contributed by atoms with E-state index in [-0.39, 0.29) is 0 Å². The van der Waals surface area contributed by atoms with Crippen molar-refractivity contribution in [3.63, 3.8) is 0 Å². The zero-order valence-corrected chi connectivity index (χ0v) is 35.1. The lowest BCUT2D eigenvalue weighted by Gasteiger charge is -2.21. The molecule has 12 aromatic rings. The van der Waals surface area contributed by atoms with Gasteiger partial charge in [-0.05, 0) is 74.8 Å². The molecule has 290 valence electrons. The number of aromatic nitrogens is 2. The van der Waals surface area contributed by atoms with Crippen LogP contribution in [0.4, 0.5) is 0 Å². The van der Waals surface area contributed by atoms with Gasteiger partial charge >= 0.3 is 0 Å². The number of fused-ring (bicyclic) bond motifs is 6. The summed E-state index contributed by atoms with van der Waals surface area (Å²) in [6.45, 7) is 0. The smallest absolute Gasteiger partial charge is 0.161 e. The van der Waals surface area contributed by atoms with E-state index >= 15 is 0 Å². The van der Waals surface area contributed by atoms with Crippen molar-refractivity contribution >= 4 is 63.0 Å². The average Bonchev–Trinajstić information content (AvgIpc) is 3.93. The number of nitrogens with zero attached hydrogens (tertiary/aromatic N) is 2. The van der Waals surface area contributed by atoms with Crippen molar-refractivity contribution in [1.29, 1.82) is 0 Å². The Kier molecular flexibility index (Phi) is 8.91. The molecule has 0 atom stereocenters. The molecule has 3 aromatic heterocycles. The molecular weight excluding hydrogens is 789 g/mol. The summed E-state index contributed by atoms with van der Waals surface area (Å²) < 4.78 is 4.98. The highest BCUT2D eigenvalue weighted by atomic mass is 32.1. The van der Waals surface area contributed by atoms with Gasteiger partial charge in [0.2, 0.25) is 0 Å². The topological polar surface area (TPSA) is 25.8 Å². The standard InChI is InChI=1S/C58H36N2S2/c1-4-18-37(19-5-1)40-34-49(39-22-8-3-9-23-39)55(50(35-40)42-25-11-10-24-41(42)38-20-6-2-7-21-38)58-59-51(47-30-16-28-45-43-26-12-14-32-53(43)61-56(45)47)36-52(60-58)48-31-17-29-46-44-27-13-15-33-54(44)62-57(46)48/h1-36H. The van der Waals surface area contributed by atoms with Crippen LogP contribution < -0.4 is 0 Å². The Morgan fingerprint density at radius 3 is 1.26 bits per heavy atom. The lowest BCUT2D eigenvalue weighted by atomic mass is 9.84. The van der Waals surface area contributed by atoms with Gasteiger partial charge in [-0.15, -0.1) is 22.7 Å². The molecule has 0 aliphatic carbocycles. The number of hydrogen-bond acceptors (Lipinski definition) is 4. The molecule has 62 heavy (non-hydrogen) atoms. The summed E-state index contributed by atoms with van der Waals surface area (Å²) in [7, 11) is 0. The highest BCUT2D eigenvalue weighted by Gasteiger charge is 2.24. The number of rotatable bonds is 7. The van der Waals surface area contributed by atoms with Crippen LogP contribution in [0.25, 0.3) is 119 Å². The lowest BCUT2D eigenvalue weighted by molar-refractivity contribution is 1.19. The van der Waals surface area contributed by atoms with E-state index in [4.69, 9.17) is 9.97 Å². The maximum absolute atomic E-state index is 5.72. The van der Waals surface area contributed by atoms with Crippen molar-refractivity contribution < 1.29 is 0 Å². The quantitative estimate of drug-likeness (QED) is 0.160. The fourth-order valence-electron chi connectivity index (χ4n) is 9.06. The van der Waals surface area contributed by atoms with Crippen molar-refractivity contribution in [3.8, 4) is 78.4 Å². The molecule has 0 saturated heterocycles. The first-order chi connectivity index (χ1) is 30.7. The van der Waals surface area contributed by atoms with Crippen LogP contribution in [0.3, 0.4) is 0 Å². The third kappa shape index (κ3) is 6.23. The van der Waals surface area contributed by atoms with E-state index in [2.05, 4.69) is 218 Å². The molecule has 0 bridgehead atoms. The summed E-state index contributed by atoms with van der Waals surface area (Å²) in [5, 5.41) is 5.01. The lowest BCUT2D eigenvalue weighted by Crippen LogP contribution is -2.01. The summed E-state index contributed by atoms with van der Waals surface area (Å²) >= 11 is 3.67. The highest BCUT2D eigenvalue weighted by Crippen LogP contribution is 2.48. The second kappa shape index (κ2) is 15.2. The molecule has 0 aliphatic heterocycles. The molecule has 0 aliphatic rings. The molecule has 2 nitrogen and oxygen atoms in total. The monoisotopic (exact) mass is 824 g/mol. The molecule has 0 saturated carbocycles. The van der Waals surface area contributed by atoms with Gasteiger partial charge < -0.3 is 0 Å². The van der Waals surface area contributed by atoms with Crippen molar-refractivity contribution in [1.82, 2.24) is 9.97 Å². The molecule has 0 fully saturated rings. The maximum atomic E-state index is 5.72. The summed E-state index contributed by atoms with van der Waals surface area (Å²) in [5.74, 6) is 0.685. The van der Waals surface area contributed by atoms with Crippen LogP contribution in [0.2, 0.25) is 0 Å². The van der Waals surface area contributed by atoms with E-state index in [1.165, 1.54) is 40.3 Å². The molecule has 0 amide bonds. The van der Waals surface area contributed by atoms with Gasteiger partial charge in [0, 0.05) is 57.0 Å². The molecule has 0 unspecified atom stereocenters. The van der Waals surface area contributed by atoms with Crippen LogP contribution in [0.5, 0.6) is 0 Å². The van der Waals surface area contributed by atoms with E-state index in [1.54, 1.807) is 0 Å². The van der Waals surface area contributed by atoms with Crippen LogP contribution in [-0.4, -0.2) is 9.97 Å². The second-order valence-corrected chi connectivity index (χ2v) is 17.7. The number of thiophene rings is 2. The molecule has 0 spiro atoms. The molecular formula is C58H36N2S2. The van der Waals surface area contributed by atoms with Gasteiger partial charge in [-0.3, -0.25) is 0 Å². The summed E-state index contributed by atoms with van der Waals surface area (Å²) in [6.07, 6.45) is 0. The minimum Gasteiger partial charge on any atom is -0.228 e. The van der Waals surface area contributed by atoms with Crippen LogP contribution in [0.15, 0.2) is 218 Å². The molecule has 0 N–H and O–H groups in total. The minimum atomic E-state index is 0.685. The third-order valence-corrected chi connectivity index (χ3v) is 14.4.